The van der Waals surface area contributed by atoms with Crippen LogP contribution in [0.4, 0.5) is 0 Å². The fourth-order valence-corrected chi connectivity index (χ4v) is 1.44. The van der Waals surface area contributed by atoms with E-state index in [-0.39, 0.29) is 18.5 Å². The molecule has 0 aliphatic heterocycles. The van der Waals surface area contributed by atoms with E-state index in [1.807, 2.05) is 37.3 Å². The molecule has 1 unspecified atom stereocenters. The van der Waals surface area contributed by atoms with Crippen molar-refractivity contribution in [3.8, 4) is 0 Å². The van der Waals surface area contributed by atoms with Crippen LogP contribution in [0.5, 0.6) is 0 Å². The van der Waals surface area contributed by atoms with Gasteiger partial charge in [0.25, 0.3) is 0 Å². The van der Waals surface area contributed by atoms with Crippen molar-refractivity contribution >= 4 is 5.91 Å². The van der Waals surface area contributed by atoms with E-state index < -0.39 is 0 Å². The van der Waals surface area contributed by atoms with Crippen molar-refractivity contribution in [2.75, 3.05) is 20.3 Å². The van der Waals surface area contributed by atoms with E-state index >= 15 is 0 Å². The van der Waals surface area contributed by atoms with Gasteiger partial charge in [0.1, 0.15) is 0 Å². The minimum atomic E-state index is -0.118. The SMILES string of the molecule is COCC(C)NC(=O)CNOCc1ccccc1. The Morgan fingerprint density at radius 2 is 2.06 bits per heavy atom. The standard InChI is InChI=1S/C13H20N2O3/c1-11(9-17-2)15-13(16)8-14-18-10-12-6-4-3-5-7-12/h3-7,11,14H,8-10H2,1-2H3,(H,15,16). The van der Waals surface area contributed by atoms with E-state index in [9.17, 15) is 4.79 Å². The second-order valence-corrected chi connectivity index (χ2v) is 4.02. The van der Waals surface area contributed by atoms with E-state index in [1.54, 1.807) is 7.11 Å². The zero-order valence-electron chi connectivity index (χ0n) is 10.8. The Hall–Kier alpha value is -1.43. The molecule has 1 rings (SSSR count). The van der Waals surface area contributed by atoms with E-state index in [2.05, 4.69) is 10.8 Å². The molecule has 0 saturated heterocycles. The molecule has 1 atom stereocenters. The number of methoxy groups -OCH3 is 1. The molecule has 0 bridgehead atoms. The van der Waals surface area contributed by atoms with E-state index in [0.717, 1.165) is 5.56 Å². The molecule has 0 fully saturated rings. The third-order valence-corrected chi connectivity index (χ3v) is 2.24. The van der Waals surface area contributed by atoms with Crippen LogP contribution in [0, 0.1) is 0 Å². The first-order chi connectivity index (χ1) is 8.72. The third kappa shape index (κ3) is 6.34. The minimum absolute atomic E-state index is 0.00146. The van der Waals surface area contributed by atoms with Crippen molar-refractivity contribution in [3.05, 3.63) is 35.9 Å². The lowest BCUT2D eigenvalue weighted by atomic mass is 10.2. The Labute approximate surface area is 107 Å². The van der Waals surface area contributed by atoms with Crippen LogP contribution in [0.1, 0.15) is 12.5 Å². The Balaban J connectivity index is 2.09. The van der Waals surface area contributed by atoms with Gasteiger partial charge in [0, 0.05) is 13.2 Å². The molecular weight excluding hydrogens is 232 g/mol. The summed E-state index contributed by atoms with van der Waals surface area (Å²) in [6.07, 6.45) is 0. The first kappa shape index (κ1) is 14.6. The maximum Gasteiger partial charge on any atom is 0.236 e. The van der Waals surface area contributed by atoms with Gasteiger partial charge < -0.3 is 10.1 Å². The Morgan fingerprint density at radius 1 is 1.33 bits per heavy atom. The second kappa shape index (κ2) is 8.63. The number of carbonyl (C=O) groups excluding carboxylic acids is 1. The van der Waals surface area contributed by atoms with Crippen LogP contribution in [-0.4, -0.2) is 32.2 Å². The fraction of sp³-hybridized carbons (Fsp3) is 0.462. The second-order valence-electron chi connectivity index (χ2n) is 4.02. The molecule has 0 aliphatic rings. The zero-order valence-corrected chi connectivity index (χ0v) is 10.8. The topological polar surface area (TPSA) is 59.6 Å². The van der Waals surface area contributed by atoms with Gasteiger partial charge in [-0.2, -0.15) is 5.48 Å². The highest BCUT2D eigenvalue weighted by Gasteiger charge is 2.06. The normalized spacial score (nSPS) is 12.1. The number of hydrogen-bond acceptors (Lipinski definition) is 4. The van der Waals surface area contributed by atoms with Crippen LogP contribution in [0.2, 0.25) is 0 Å². The molecule has 0 aliphatic carbocycles. The van der Waals surface area contributed by atoms with Crippen molar-refractivity contribution in [2.45, 2.75) is 19.6 Å². The predicted octanol–water partition coefficient (Wildman–Crippen LogP) is 0.859. The van der Waals surface area contributed by atoms with Crippen LogP contribution in [0.3, 0.4) is 0 Å². The van der Waals surface area contributed by atoms with E-state index in [0.29, 0.717) is 13.2 Å². The molecule has 100 valence electrons. The number of hydrogen-bond donors (Lipinski definition) is 2. The zero-order chi connectivity index (χ0) is 13.2. The summed E-state index contributed by atoms with van der Waals surface area (Å²) in [6.45, 7) is 2.94. The van der Waals surface area contributed by atoms with E-state index in [4.69, 9.17) is 9.57 Å². The van der Waals surface area contributed by atoms with Crippen LogP contribution < -0.4 is 10.8 Å². The monoisotopic (exact) mass is 252 g/mol. The molecule has 0 radical (unpaired) electrons. The summed E-state index contributed by atoms with van der Waals surface area (Å²) in [5.41, 5.74) is 3.68. The van der Waals surface area contributed by atoms with Gasteiger partial charge in [0.15, 0.2) is 0 Å². The molecular formula is C13H20N2O3. The largest absolute Gasteiger partial charge is 0.383 e. The molecule has 2 N–H and O–H groups in total. The predicted molar refractivity (Wildman–Crippen MR) is 68.7 cm³/mol. The van der Waals surface area contributed by atoms with Crippen molar-refractivity contribution in [2.24, 2.45) is 0 Å². The molecule has 1 aromatic carbocycles. The van der Waals surface area contributed by atoms with Crippen molar-refractivity contribution < 1.29 is 14.4 Å². The van der Waals surface area contributed by atoms with E-state index in [1.165, 1.54) is 0 Å². The summed E-state index contributed by atoms with van der Waals surface area (Å²) in [7, 11) is 1.60. The van der Waals surface area contributed by atoms with Gasteiger partial charge in [-0.05, 0) is 12.5 Å². The van der Waals surface area contributed by atoms with Crippen LogP contribution in [0.25, 0.3) is 0 Å². The van der Waals surface area contributed by atoms with Gasteiger partial charge >= 0.3 is 0 Å². The number of ether oxygens (including phenoxy) is 1. The smallest absolute Gasteiger partial charge is 0.236 e. The van der Waals surface area contributed by atoms with Crippen molar-refractivity contribution in [1.82, 2.24) is 10.8 Å². The lowest BCUT2D eigenvalue weighted by Gasteiger charge is -2.13. The summed E-state index contributed by atoms with van der Waals surface area (Å²) in [4.78, 5) is 16.6. The minimum Gasteiger partial charge on any atom is -0.383 e. The highest BCUT2D eigenvalue weighted by atomic mass is 16.6. The number of nitrogens with one attached hydrogen (secondary N) is 2. The van der Waals surface area contributed by atoms with Gasteiger partial charge in [-0.25, -0.2) is 0 Å². The first-order valence-electron chi connectivity index (χ1n) is 5.89. The van der Waals surface area contributed by atoms with Crippen LogP contribution in [-0.2, 0) is 21.0 Å². The molecule has 18 heavy (non-hydrogen) atoms. The summed E-state index contributed by atoms with van der Waals surface area (Å²) >= 11 is 0. The first-order valence-corrected chi connectivity index (χ1v) is 5.89. The highest BCUT2D eigenvalue weighted by Crippen LogP contribution is 1.98. The Kier molecular flexibility index (Phi) is 7.01. The number of rotatable bonds is 8. The number of benzene rings is 1. The summed E-state index contributed by atoms with van der Waals surface area (Å²) in [6, 6.07) is 9.75. The molecule has 5 heteroatoms. The van der Waals surface area contributed by atoms with Gasteiger partial charge in [0.05, 0.1) is 19.8 Å². The number of carbonyl (C=O) groups is 1. The Morgan fingerprint density at radius 3 is 2.72 bits per heavy atom. The van der Waals surface area contributed by atoms with Crippen LogP contribution >= 0.6 is 0 Å². The van der Waals surface area contributed by atoms with Gasteiger partial charge in [-0.1, -0.05) is 30.3 Å². The fourth-order valence-electron chi connectivity index (χ4n) is 1.44. The average molecular weight is 252 g/mol. The van der Waals surface area contributed by atoms with Gasteiger partial charge in [0.2, 0.25) is 5.91 Å². The highest BCUT2D eigenvalue weighted by molar-refractivity contribution is 5.78. The van der Waals surface area contributed by atoms with Crippen molar-refractivity contribution in [1.29, 1.82) is 0 Å². The molecule has 5 nitrogen and oxygen atoms in total. The summed E-state index contributed by atoms with van der Waals surface area (Å²) < 4.78 is 4.92. The van der Waals surface area contributed by atoms with Gasteiger partial charge in [-0.15, -0.1) is 0 Å². The molecule has 0 saturated carbocycles. The summed E-state index contributed by atoms with van der Waals surface area (Å²) in [5, 5.41) is 2.77. The summed E-state index contributed by atoms with van der Waals surface area (Å²) in [5.74, 6) is -0.118. The molecule has 1 amide bonds. The lowest BCUT2D eigenvalue weighted by molar-refractivity contribution is -0.124. The van der Waals surface area contributed by atoms with Crippen LogP contribution in [0.15, 0.2) is 30.3 Å². The molecule has 0 aromatic heterocycles. The maximum atomic E-state index is 11.4. The molecule has 0 heterocycles. The number of hydroxylamine groups is 1. The molecule has 1 aromatic rings. The number of amides is 1. The quantitative estimate of drug-likeness (QED) is 0.532. The van der Waals surface area contributed by atoms with Crippen molar-refractivity contribution in [3.63, 3.8) is 0 Å². The Bertz CT molecular complexity index is 343. The third-order valence-electron chi connectivity index (χ3n) is 2.24. The average Bonchev–Trinajstić information content (AvgIpc) is 2.36. The molecule has 0 spiro atoms. The van der Waals surface area contributed by atoms with Gasteiger partial charge in [-0.3, -0.25) is 9.63 Å². The maximum absolute atomic E-state index is 11.4. The lowest BCUT2D eigenvalue weighted by Crippen LogP contribution is -2.40.